The fourth-order valence-corrected chi connectivity index (χ4v) is 2.50. The zero-order chi connectivity index (χ0) is 12.3. The molecule has 0 spiro atoms. The third kappa shape index (κ3) is 2.86. The lowest BCUT2D eigenvalue weighted by Gasteiger charge is -2.11. The molecule has 0 aromatic heterocycles. The van der Waals surface area contributed by atoms with Crippen LogP contribution in [0.3, 0.4) is 0 Å². The van der Waals surface area contributed by atoms with Crippen LogP contribution in [0, 0.1) is 17.2 Å². The molecular weight excluding hydrogens is 280 g/mol. The molecule has 0 radical (unpaired) electrons. The topological polar surface area (TPSA) is 52.9 Å². The van der Waals surface area contributed by atoms with Crippen molar-refractivity contribution >= 4 is 27.5 Å². The number of carbonyl (C=O) groups is 1. The van der Waals surface area contributed by atoms with Crippen molar-refractivity contribution in [3.63, 3.8) is 0 Å². The molecule has 1 fully saturated rings. The maximum atomic E-state index is 12.0. The van der Waals surface area contributed by atoms with Crippen LogP contribution in [0.5, 0.6) is 0 Å². The Balaban J connectivity index is 2.15. The van der Waals surface area contributed by atoms with Crippen molar-refractivity contribution in [2.24, 2.45) is 5.92 Å². The maximum absolute atomic E-state index is 12.0. The van der Waals surface area contributed by atoms with Gasteiger partial charge in [-0.25, -0.2) is 0 Å². The van der Waals surface area contributed by atoms with Crippen LogP contribution in [0.4, 0.5) is 5.69 Å². The highest BCUT2D eigenvalue weighted by molar-refractivity contribution is 9.10. The second-order valence-corrected chi connectivity index (χ2v) is 5.19. The van der Waals surface area contributed by atoms with E-state index in [-0.39, 0.29) is 11.8 Å². The first-order chi connectivity index (χ1) is 8.20. The van der Waals surface area contributed by atoms with E-state index in [0.29, 0.717) is 11.3 Å². The van der Waals surface area contributed by atoms with Gasteiger partial charge in [0.25, 0.3) is 0 Å². The Bertz CT molecular complexity index is 473. The molecule has 17 heavy (non-hydrogen) atoms. The zero-order valence-electron chi connectivity index (χ0n) is 9.37. The summed E-state index contributed by atoms with van der Waals surface area (Å²) in [6.45, 7) is 0. The number of amides is 1. The molecule has 1 aliphatic carbocycles. The zero-order valence-corrected chi connectivity index (χ0v) is 11.0. The van der Waals surface area contributed by atoms with Crippen molar-refractivity contribution in [1.82, 2.24) is 0 Å². The highest BCUT2D eigenvalue weighted by Gasteiger charge is 2.23. The van der Waals surface area contributed by atoms with Gasteiger partial charge in [-0.15, -0.1) is 0 Å². The van der Waals surface area contributed by atoms with E-state index in [1.54, 1.807) is 18.2 Å². The van der Waals surface area contributed by atoms with Gasteiger partial charge in [-0.1, -0.05) is 28.8 Å². The number of carbonyl (C=O) groups excluding carboxylic acids is 1. The Labute approximate surface area is 109 Å². The van der Waals surface area contributed by atoms with Crippen LogP contribution in [0.2, 0.25) is 0 Å². The van der Waals surface area contributed by atoms with Gasteiger partial charge in [0.1, 0.15) is 6.07 Å². The van der Waals surface area contributed by atoms with Gasteiger partial charge >= 0.3 is 0 Å². The molecule has 1 amide bonds. The lowest BCUT2D eigenvalue weighted by Crippen LogP contribution is -2.20. The van der Waals surface area contributed by atoms with E-state index in [0.717, 1.165) is 30.2 Å². The first-order valence-corrected chi connectivity index (χ1v) is 6.50. The highest BCUT2D eigenvalue weighted by Crippen LogP contribution is 2.27. The quantitative estimate of drug-likeness (QED) is 0.908. The van der Waals surface area contributed by atoms with E-state index in [1.165, 1.54) is 0 Å². The number of anilines is 1. The van der Waals surface area contributed by atoms with E-state index >= 15 is 0 Å². The highest BCUT2D eigenvalue weighted by atomic mass is 79.9. The van der Waals surface area contributed by atoms with Crippen LogP contribution in [-0.2, 0) is 4.79 Å². The van der Waals surface area contributed by atoms with Crippen molar-refractivity contribution in [3.8, 4) is 6.07 Å². The average Bonchev–Trinajstić information content (AvgIpc) is 2.83. The second kappa shape index (κ2) is 5.33. The molecule has 0 unspecified atom stereocenters. The number of nitrogens with one attached hydrogen (secondary N) is 1. The summed E-state index contributed by atoms with van der Waals surface area (Å²) in [7, 11) is 0. The first-order valence-electron chi connectivity index (χ1n) is 5.71. The Hall–Kier alpha value is -1.34. The number of hydrogen-bond acceptors (Lipinski definition) is 2. The minimum absolute atomic E-state index is 0.0390. The smallest absolute Gasteiger partial charge is 0.227 e. The van der Waals surface area contributed by atoms with Gasteiger partial charge in [0.05, 0.1) is 11.3 Å². The summed E-state index contributed by atoms with van der Waals surface area (Å²) in [4.78, 5) is 12.0. The number of nitrogens with zero attached hydrogens (tertiary/aromatic N) is 1. The molecule has 2 rings (SSSR count). The van der Waals surface area contributed by atoms with Crippen molar-refractivity contribution in [1.29, 1.82) is 5.26 Å². The van der Waals surface area contributed by atoms with E-state index < -0.39 is 0 Å². The largest absolute Gasteiger partial charge is 0.325 e. The fourth-order valence-electron chi connectivity index (χ4n) is 2.14. The molecule has 0 atom stereocenters. The molecule has 1 aromatic rings. The fraction of sp³-hybridized carbons (Fsp3) is 0.385. The predicted octanol–water partition coefficient (Wildman–Crippen LogP) is 3.45. The number of benzene rings is 1. The summed E-state index contributed by atoms with van der Waals surface area (Å²) in [6, 6.07) is 7.35. The van der Waals surface area contributed by atoms with Gasteiger partial charge in [0.2, 0.25) is 5.91 Å². The van der Waals surface area contributed by atoms with E-state index in [2.05, 4.69) is 27.3 Å². The molecule has 4 heteroatoms. The molecule has 1 saturated carbocycles. The third-order valence-electron chi connectivity index (χ3n) is 3.09. The van der Waals surface area contributed by atoms with Crippen LogP contribution in [0.1, 0.15) is 31.2 Å². The van der Waals surface area contributed by atoms with Gasteiger partial charge in [-0.05, 0) is 31.0 Å². The first kappa shape index (κ1) is 12.1. The van der Waals surface area contributed by atoms with Gasteiger partial charge in [-0.3, -0.25) is 4.79 Å². The van der Waals surface area contributed by atoms with Crippen LogP contribution in [0.15, 0.2) is 22.7 Å². The molecule has 0 aliphatic heterocycles. The average molecular weight is 293 g/mol. The van der Waals surface area contributed by atoms with E-state index in [4.69, 9.17) is 5.26 Å². The van der Waals surface area contributed by atoms with Gasteiger partial charge in [-0.2, -0.15) is 5.26 Å². The predicted molar refractivity (Wildman–Crippen MR) is 69.4 cm³/mol. The molecular formula is C13H13BrN2O. The summed E-state index contributed by atoms with van der Waals surface area (Å²) in [5, 5.41) is 11.8. The minimum atomic E-state index is 0.0390. The summed E-state index contributed by atoms with van der Waals surface area (Å²) >= 11 is 3.34. The summed E-state index contributed by atoms with van der Waals surface area (Å²) in [5.41, 5.74) is 1.10. The molecule has 88 valence electrons. The number of halogens is 1. The summed E-state index contributed by atoms with van der Waals surface area (Å²) in [5.74, 6) is 0.151. The van der Waals surface area contributed by atoms with Gasteiger partial charge in [0, 0.05) is 10.4 Å². The number of nitriles is 1. The molecule has 1 aromatic carbocycles. The molecule has 3 nitrogen and oxygen atoms in total. The molecule has 1 N–H and O–H groups in total. The Morgan fingerprint density at radius 2 is 2.12 bits per heavy atom. The molecule has 0 bridgehead atoms. The molecule has 1 aliphatic rings. The number of rotatable bonds is 2. The number of hydrogen-bond donors (Lipinski definition) is 1. The normalized spacial score (nSPS) is 15.5. The van der Waals surface area contributed by atoms with Gasteiger partial charge in [0.15, 0.2) is 0 Å². The Morgan fingerprint density at radius 1 is 1.41 bits per heavy atom. The minimum Gasteiger partial charge on any atom is -0.325 e. The summed E-state index contributed by atoms with van der Waals surface area (Å²) < 4.78 is 0.859. The monoisotopic (exact) mass is 292 g/mol. The Morgan fingerprint density at radius 3 is 2.76 bits per heavy atom. The maximum Gasteiger partial charge on any atom is 0.227 e. The Kier molecular flexibility index (Phi) is 3.80. The van der Waals surface area contributed by atoms with Crippen molar-refractivity contribution in [3.05, 3.63) is 28.2 Å². The van der Waals surface area contributed by atoms with Crippen LogP contribution in [0.25, 0.3) is 0 Å². The molecule has 0 saturated heterocycles. The van der Waals surface area contributed by atoms with Crippen molar-refractivity contribution in [2.75, 3.05) is 5.32 Å². The van der Waals surface area contributed by atoms with Crippen LogP contribution >= 0.6 is 15.9 Å². The lowest BCUT2D eigenvalue weighted by atomic mass is 10.1. The lowest BCUT2D eigenvalue weighted by molar-refractivity contribution is -0.119. The standard InChI is InChI=1S/C13H13BrN2O/c14-11-6-5-10(8-15)12(7-11)16-13(17)9-3-1-2-4-9/h5-7,9H,1-4H2,(H,16,17). The van der Waals surface area contributed by atoms with E-state index in [9.17, 15) is 4.79 Å². The van der Waals surface area contributed by atoms with Crippen molar-refractivity contribution in [2.45, 2.75) is 25.7 Å². The third-order valence-corrected chi connectivity index (χ3v) is 3.58. The second-order valence-electron chi connectivity index (χ2n) is 4.27. The molecule has 0 heterocycles. The van der Waals surface area contributed by atoms with Gasteiger partial charge < -0.3 is 5.32 Å². The van der Waals surface area contributed by atoms with E-state index in [1.807, 2.05) is 0 Å². The van der Waals surface area contributed by atoms with Crippen LogP contribution in [-0.4, -0.2) is 5.91 Å². The summed E-state index contributed by atoms with van der Waals surface area (Å²) in [6.07, 6.45) is 4.17. The SMILES string of the molecule is N#Cc1ccc(Br)cc1NC(=O)C1CCCC1. The van der Waals surface area contributed by atoms with Crippen LogP contribution < -0.4 is 5.32 Å². The van der Waals surface area contributed by atoms with Crippen molar-refractivity contribution < 1.29 is 4.79 Å².